The molecule has 1 N–H and O–H groups in total. The van der Waals surface area contributed by atoms with Crippen molar-refractivity contribution in [3.05, 3.63) is 47.2 Å². The number of hydrogen-bond donors (Lipinski definition) is 1. The smallest absolute Gasteiger partial charge is 0.298 e. The largest absolute Gasteiger partial charge is 0.423 e. The van der Waals surface area contributed by atoms with Crippen LogP contribution in [0.4, 0.5) is 11.1 Å². The molecule has 4 aromatic rings. The number of nitrogens with one attached hydrogen (secondary N) is 1. The lowest BCUT2D eigenvalue weighted by Crippen LogP contribution is -2.38. The normalized spacial score (nSPS) is 15.2. The van der Waals surface area contributed by atoms with E-state index in [0.717, 1.165) is 47.6 Å². The third-order valence-corrected chi connectivity index (χ3v) is 6.58. The third kappa shape index (κ3) is 3.41. The molecule has 0 bridgehead atoms. The Balaban J connectivity index is 1.20. The number of carbonyl (C=O) groups is 1. The molecule has 0 atom stereocenters. The second-order valence-electron chi connectivity index (χ2n) is 6.73. The Morgan fingerprint density at radius 1 is 1.11 bits per heavy atom. The summed E-state index contributed by atoms with van der Waals surface area (Å²) < 4.78 is 5.84. The molecular weight excluding hydrogens is 392 g/mol. The van der Waals surface area contributed by atoms with Crippen LogP contribution in [0.1, 0.15) is 12.8 Å². The van der Waals surface area contributed by atoms with Crippen LogP contribution >= 0.6 is 22.7 Å². The van der Waals surface area contributed by atoms with E-state index in [0.29, 0.717) is 11.1 Å². The Hall–Kier alpha value is -2.71. The second kappa shape index (κ2) is 7.37. The zero-order valence-corrected chi connectivity index (χ0v) is 16.6. The van der Waals surface area contributed by atoms with Crippen molar-refractivity contribution in [2.24, 2.45) is 5.92 Å². The van der Waals surface area contributed by atoms with Crippen molar-refractivity contribution in [2.45, 2.75) is 12.8 Å². The molecule has 0 aliphatic carbocycles. The maximum absolute atomic E-state index is 12.6. The number of rotatable bonds is 4. The van der Waals surface area contributed by atoms with E-state index in [1.807, 2.05) is 47.2 Å². The highest BCUT2D eigenvalue weighted by Crippen LogP contribution is 2.30. The average molecular weight is 411 g/mol. The second-order valence-corrected chi connectivity index (χ2v) is 8.54. The number of para-hydroxylation sites is 2. The molecule has 5 rings (SSSR count). The number of hydrogen-bond acceptors (Lipinski definition) is 7. The molecule has 28 heavy (non-hydrogen) atoms. The highest BCUT2D eigenvalue weighted by molar-refractivity contribution is 7.16. The fraction of sp³-hybridized carbons (Fsp3) is 0.250. The highest BCUT2D eigenvalue weighted by Gasteiger charge is 2.27. The van der Waals surface area contributed by atoms with Crippen molar-refractivity contribution in [1.82, 2.24) is 9.97 Å². The SMILES string of the molecule is O=C(Nc1nc(-c2cccs2)cs1)C1CCN(c2nc3ccccc3o2)CC1. The number of thiophene rings is 1. The van der Waals surface area contributed by atoms with E-state index in [1.165, 1.54) is 11.3 Å². The maximum Gasteiger partial charge on any atom is 0.298 e. The molecule has 142 valence electrons. The summed E-state index contributed by atoms with van der Waals surface area (Å²) in [5, 5.41) is 7.66. The Kier molecular flexibility index (Phi) is 4.58. The van der Waals surface area contributed by atoms with Gasteiger partial charge in [-0.1, -0.05) is 18.2 Å². The van der Waals surface area contributed by atoms with E-state index in [2.05, 4.69) is 20.2 Å². The molecule has 1 fully saturated rings. The number of aromatic nitrogens is 2. The molecule has 1 saturated heterocycles. The molecule has 6 nitrogen and oxygen atoms in total. The third-order valence-electron chi connectivity index (χ3n) is 4.93. The first-order valence-electron chi connectivity index (χ1n) is 9.17. The highest BCUT2D eigenvalue weighted by atomic mass is 32.1. The average Bonchev–Trinajstić information content (AvgIpc) is 3.47. The number of fused-ring (bicyclic) bond motifs is 1. The van der Waals surface area contributed by atoms with Crippen LogP contribution in [0.2, 0.25) is 0 Å². The number of benzene rings is 1. The number of oxazole rings is 1. The molecule has 3 aromatic heterocycles. The van der Waals surface area contributed by atoms with Crippen LogP contribution < -0.4 is 10.2 Å². The van der Waals surface area contributed by atoms with Crippen molar-refractivity contribution in [1.29, 1.82) is 0 Å². The molecule has 0 saturated carbocycles. The summed E-state index contributed by atoms with van der Waals surface area (Å²) in [6, 6.07) is 12.4. The fourth-order valence-electron chi connectivity index (χ4n) is 3.40. The minimum atomic E-state index is -0.0188. The van der Waals surface area contributed by atoms with Crippen molar-refractivity contribution >= 4 is 50.8 Å². The number of piperidine rings is 1. The van der Waals surface area contributed by atoms with Crippen molar-refractivity contribution < 1.29 is 9.21 Å². The summed E-state index contributed by atoms with van der Waals surface area (Å²) in [4.78, 5) is 25.0. The topological polar surface area (TPSA) is 71.3 Å². The molecule has 8 heteroatoms. The first kappa shape index (κ1) is 17.4. The van der Waals surface area contributed by atoms with E-state index in [4.69, 9.17) is 4.42 Å². The molecule has 0 spiro atoms. The van der Waals surface area contributed by atoms with Gasteiger partial charge in [-0.3, -0.25) is 4.79 Å². The minimum Gasteiger partial charge on any atom is -0.423 e. The van der Waals surface area contributed by atoms with E-state index in [-0.39, 0.29) is 11.8 Å². The molecule has 4 heterocycles. The predicted octanol–water partition coefficient (Wildman–Crippen LogP) is 4.87. The van der Waals surface area contributed by atoms with E-state index in [9.17, 15) is 4.79 Å². The van der Waals surface area contributed by atoms with Gasteiger partial charge < -0.3 is 14.6 Å². The maximum atomic E-state index is 12.6. The summed E-state index contributed by atoms with van der Waals surface area (Å²) in [5.74, 6) is 0.0269. The fourth-order valence-corrected chi connectivity index (χ4v) is 4.88. The van der Waals surface area contributed by atoms with Gasteiger partial charge in [0.15, 0.2) is 10.7 Å². The van der Waals surface area contributed by atoms with Crippen molar-refractivity contribution in [2.75, 3.05) is 23.3 Å². The summed E-state index contributed by atoms with van der Waals surface area (Å²) >= 11 is 3.12. The molecule has 0 unspecified atom stereocenters. The molecule has 1 aliphatic rings. The van der Waals surface area contributed by atoms with Gasteiger partial charge >= 0.3 is 0 Å². The summed E-state index contributed by atoms with van der Waals surface area (Å²) in [5.41, 5.74) is 2.58. The molecule has 1 aliphatic heterocycles. The summed E-state index contributed by atoms with van der Waals surface area (Å²) in [6.45, 7) is 1.51. The molecular formula is C20H18N4O2S2. The van der Waals surface area contributed by atoms with Gasteiger partial charge in [0.2, 0.25) is 5.91 Å². The van der Waals surface area contributed by atoms with Gasteiger partial charge in [-0.15, -0.1) is 22.7 Å². The number of anilines is 2. The minimum absolute atomic E-state index is 0.0188. The van der Waals surface area contributed by atoms with Gasteiger partial charge in [0.25, 0.3) is 6.01 Å². The van der Waals surface area contributed by atoms with Crippen molar-refractivity contribution in [3.8, 4) is 10.6 Å². The van der Waals surface area contributed by atoms with Gasteiger partial charge in [0, 0.05) is 24.4 Å². The van der Waals surface area contributed by atoms with Crippen molar-refractivity contribution in [3.63, 3.8) is 0 Å². The zero-order chi connectivity index (χ0) is 18.9. The molecule has 1 aromatic carbocycles. The molecule has 0 radical (unpaired) electrons. The Morgan fingerprint density at radius 3 is 2.75 bits per heavy atom. The lowest BCUT2D eigenvalue weighted by Gasteiger charge is -2.29. The lowest BCUT2D eigenvalue weighted by atomic mass is 9.96. The van der Waals surface area contributed by atoms with E-state index < -0.39 is 0 Å². The van der Waals surface area contributed by atoms with Crippen LogP contribution in [0.5, 0.6) is 0 Å². The van der Waals surface area contributed by atoms with Gasteiger partial charge in [-0.2, -0.15) is 4.98 Å². The van der Waals surface area contributed by atoms with E-state index >= 15 is 0 Å². The number of nitrogens with zero attached hydrogens (tertiary/aromatic N) is 3. The van der Waals surface area contributed by atoms with Gasteiger partial charge in [-0.05, 0) is 36.4 Å². The van der Waals surface area contributed by atoms with Crippen LogP contribution in [-0.4, -0.2) is 29.0 Å². The monoisotopic (exact) mass is 410 g/mol. The Bertz CT molecular complexity index is 1060. The van der Waals surface area contributed by atoms with Gasteiger partial charge in [-0.25, -0.2) is 4.98 Å². The predicted molar refractivity (Wildman–Crippen MR) is 113 cm³/mol. The Labute approximate surface area is 169 Å². The standard InChI is InChI=1S/C20H18N4O2S2/c25-18(23-19-21-15(12-28-19)17-6-3-11-27-17)13-7-9-24(10-8-13)20-22-14-4-1-2-5-16(14)26-20/h1-6,11-13H,7-10H2,(H,21,23,25). The molecule has 1 amide bonds. The summed E-state index contributed by atoms with van der Waals surface area (Å²) in [7, 11) is 0. The van der Waals surface area contributed by atoms with Crippen LogP contribution in [0.3, 0.4) is 0 Å². The lowest BCUT2D eigenvalue weighted by molar-refractivity contribution is -0.120. The first-order valence-corrected chi connectivity index (χ1v) is 10.9. The van der Waals surface area contributed by atoms with E-state index in [1.54, 1.807) is 11.3 Å². The van der Waals surface area contributed by atoms with Gasteiger partial charge in [0.1, 0.15) is 5.52 Å². The summed E-state index contributed by atoms with van der Waals surface area (Å²) in [6.07, 6.45) is 1.54. The Morgan fingerprint density at radius 2 is 1.96 bits per heavy atom. The first-order chi connectivity index (χ1) is 13.8. The van der Waals surface area contributed by atoms with Gasteiger partial charge in [0.05, 0.1) is 10.6 Å². The van der Waals surface area contributed by atoms with Crippen LogP contribution in [-0.2, 0) is 4.79 Å². The zero-order valence-electron chi connectivity index (χ0n) is 15.0. The van der Waals surface area contributed by atoms with Crippen LogP contribution in [0, 0.1) is 5.92 Å². The number of carbonyl (C=O) groups excluding carboxylic acids is 1. The number of amides is 1. The number of thiazole rings is 1. The van der Waals surface area contributed by atoms with Crippen LogP contribution in [0.25, 0.3) is 21.7 Å². The quantitative estimate of drug-likeness (QED) is 0.520. The van der Waals surface area contributed by atoms with Crippen LogP contribution in [0.15, 0.2) is 51.6 Å².